The molecule has 0 aromatic heterocycles. The topological polar surface area (TPSA) is 104 Å². The lowest BCUT2D eigenvalue weighted by Gasteiger charge is -2.21. The monoisotopic (exact) mass is 613 g/mol. The molecule has 0 fully saturated rings. The summed E-state index contributed by atoms with van der Waals surface area (Å²) in [6.45, 7) is 4.47. The SMILES string of the molecule is CCCCCCCC/C=C\CCCCCCCCCC(=O)NC(CS(=O)(=O)O)C(O)/C=C/CCCCCCCCCC. The molecule has 2 atom stereocenters. The van der Waals surface area contributed by atoms with E-state index < -0.39 is 28.0 Å². The van der Waals surface area contributed by atoms with Crippen molar-refractivity contribution in [3.63, 3.8) is 0 Å². The minimum Gasteiger partial charge on any atom is -0.387 e. The van der Waals surface area contributed by atoms with Crippen molar-refractivity contribution in [2.45, 2.75) is 187 Å². The summed E-state index contributed by atoms with van der Waals surface area (Å²) in [5.74, 6) is -0.983. The lowest BCUT2D eigenvalue weighted by molar-refractivity contribution is -0.122. The third-order valence-corrected chi connectivity index (χ3v) is 8.65. The lowest BCUT2D eigenvalue weighted by atomic mass is 10.1. The summed E-state index contributed by atoms with van der Waals surface area (Å²) < 4.78 is 32.2. The van der Waals surface area contributed by atoms with Crippen LogP contribution in [0.1, 0.15) is 174 Å². The van der Waals surface area contributed by atoms with Gasteiger partial charge in [-0.05, 0) is 44.9 Å². The van der Waals surface area contributed by atoms with Gasteiger partial charge in [0, 0.05) is 6.42 Å². The normalized spacial score (nSPS) is 13.7. The van der Waals surface area contributed by atoms with Gasteiger partial charge in [-0.3, -0.25) is 9.35 Å². The Morgan fingerprint density at radius 3 is 1.43 bits per heavy atom. The molecule has 6 nitrogen and oxygen atoms in total. The predicted octanol–water partition coefficient (Wildman–Crippen LogP) is 9.62. The van der Waals surface area contributed by atoms with Crippen LogP contribution in [-0.4, -0.2) is 41.9 Å². The second-order valence-electron chi connectivity index (χ2n) is 12.1. The van der Waals surface area contributed by atoms with Gasteiger partial charge in [0.1, 0.15) is 0 Å². The average molecular weight is 614 g/mol. The van der Waals surface area contributed by atoms with Gasteiger partial charge >= 0.3 is 0 Å². The molecule has 0 bridgehead atoms. The quantitative estimate of drug-likeness (QED) is 0.0410. The van der Waals surface area contributed by atoms with Gasteiger partial charge in [0.2, 0.25) is 5.91 Å². The number of aliphatic hydroxyl groups excluding tert-OH is 1. The number of aliphatic hydroxyl groups is 1. The molecule has 0 aliphatic heterocycles. The van der Waals surface area contributed by atoms with Gasteiger partial charge in [-0.15, -0.1) is 0 Å². The molecule has 0 spiro atoms. The number of carbonyl (C=O) groups excluding carboxylic acids is 1. The number of hydrogen-bond acceptors (Lipinski definition) is 4. The molecule has 0 saturated carbocycles. The Balaban J connectivity index is 3.97. The first-order chi connectivity index (χ1) is 20.3. The van der Waals surface area contributed by atoms with Crippen molar-refractivity contribution in [2.24, 2.45) is 0 Å². The van der Waals surface area contributed by atoms with E-state index in [2.05, 4.69) is 31.3 Å². The smallest absolute Gasteiger partial charge is 0.267 e. The van der Waals surface area contributed by atoms with Crippen molar-refractivity contribution >= 4 is 16.0 Å². The molecular weight excluding hydrogens is 546 g/mol. The fraction of sp³-hybridized carbons (Fsp3) is 0.857. The molecule has 0 heterocycles. The fourth-order valence-electron chi connectivity index (χ4n) is 5.21. The third-order valence-electron chi connectivity index (χ3n) is 7.87. The Labute approximate surface area is 260 Å². The van der Waals surface area contributed by atoms with Gasteiger partial charge in [-0.1, -0.05) is 147 Å². The molecule has 42 heavy (non-hydrogen) atoms. The van der Waals surface area contributed by atoms with E-state index in [1.165, 1.54) is 109 Å². The molecule has 248 valence electrons. The molecule has 7 heteroatoms. The van der Waals surface area contributed by atoms with Crippen LogP contribution in [0.4, 0.5) is 0 Å². The Hall–Kier alpha value is -1.18. The van der Waals surface area contributed by atoms with Gasteiger partial charge in [0.15, 0.2) is 0 Å². The summed E-state index contributed by atoms with van der Waals surface area (Å²) in [5, 5.41) is 13.1. The molecule has 0 radical (unpaired) electrons. The van der Waals surface area contributed by atoms with Crippen molar-refractivity contribution < 1.29 is 22.9 Å². The largest absolute Gasteiger partial charge is 0.387 e. The van der Waals surface area contributed by atoms with Crippen molar-refractivity contribution in [2.75, 3.05) is 5.75 Å². The highest BCUT2D eigenvalue weighted by molar-refractivity contribution is 7.85. The number of allylic oxidation sites excluding steroid dienone is 3. The van der Waals surface area contributed by atoms with Crippen LogP contribution >= 0.6 is 0 Å². The van der Waals surface area contributed by atoms with E-state index in [0.717, 1.165) is 44.9 Å². The zero-order valence-electron chi connectivity index (χ0n) is 27.4. The molecule has 0 aromatic carbocycles. The molecule has 3 N–H and O–H groups in total. The standard InChI is InChI=1S/C35H67NO5S/c1-3-5-7-9-11-13-15-16-17-18-19-20-21-23-25-27-29-31-35(38)36-33(32-42(39,40)41)34(37)30-28-26-24-22-14-12-10-8-6-4-2/h16-17,28,30,33-34,37H,3-15,18-27,29,31-32H2,1-2H3,(H,36,38)(H,39,40,41)/b17-16-,30-28+. The van der Waals surface area contributed by atoms with Crippen molar-refractivity contribution in [3.8, 4) is 0 Å². The summed E-state index contributed by atoms with van der Waals surface area (Å²) in [4.78, 5) is 12.4. The number of nitrogens with one attached hydrogen (secondary N) is 1. The molecule has 1 amide bonds. The summed E-state index contributed by atoms with van der Waals surface area (Å²) >= 11 is 0. The Morgan fingerprint density at radius 1 is 0.619 bits per heavy atom. The number of unbranched alkanes of at least 4 members (excludes halogenated alkanes) is 21. The maximum Gasteiger partial charge on any atom is 0.267 e. The maximum absolute atomic E-state index is 12.4. The molecule has 2 unspecified atom stereocenters. The molecule has 0 rings (SSSR count). The number of hydrogen-bond donors (Lipinski definition) is 3. The molecular formula is C35H67NO5S. The van der Waals surface area contributed by atoms with Crippen molar-refractivity contribution in [1.29, 1.82) is 0 Å². The Kier molecular flexibility index (Phi) is 29.0. The first-order valence-corrected chi connectivity index (χ1v) is 19.1. The number of amides is 1. The van der Waals surface area contributed by atoms with E-state index in [1.54, 1.807) is 6.08 Å². The van der Waals surface area contributed by atoms with E-state index in [-0.39, 0.29) is 5.91 Å². The van der Waals surface area contributed by atoms with Gasteiger partial charge in [0.05, 0.1) is 17.9 Å². The van der Waals surface area contributed by atoms with Crippen LogP contribution in [0, 0.1) is 0 Å². The van der Waals surface area contributed by atoms with Crippen LogP contribution in [-0.2, 0) is 14.9 Å². The van der Waals surface area contributed by atoms with Crippen LogP contribution in [0.25, 0.3) is 0 Å². The maximum atomic E-state index is 12.4. The first-order valence-electron chi connectivity index (χ1n) is 17.5. The second kappa shape index (κ2) is 29.9. The average Bonchev–Trinajstić information content (AvgIpc) is 2.94. The van der Waals surface area contributed by atoms with Gasteiger partial charge in [-0.25, -0.2) is 0 Å². The van der Waals surface area contributed by atoms with Crippen LogP contribution in [0.5, 0.6) is 0 Å². The second-order valence-corrected chi connectivity index (χ2v) is 13.6. The molecule has 0 saturated heterocycles. The zero-order chi connectivity index (χ0) is 31.2. The predicted molar refractivity (Wildman–Crippen MR) is 179 cm³/mol. The number of carbonyl (C=O) groups is 1. The van der Waals surface area contributed by atoms with E-state index in [4.69, 9.17) is 0 Å². The van der Waals surface area contributed by atoms with Crippen LogP contribution < -0.4 is 5.32 Å². The first kappa shape index (κ1) is 40.8. The molecule has 0 aliphatic rings. The molecule has 0 aliphatic carbocycles. The molecule has 0 aromatic rings. The zero-order valence-corrected chi connectivity index (χ0v) is 28.2. The summed E-state index contributed by atoms with van der Waals surface area (Å²) in [5.41, 5.74) is 0. The lowest BCUT2D eigenvalue weighted by Crippen LogP contribution is -2.46. The van der Waals surface area contributed by atoms with E-state index >= 15 is 0 Å². The van der Waals surface area contributed by atoms with Gasteiger partial charge < -0.3 is 10.4 Å². The highest BCUT2D eigenvalue weighted by Gasteiger charge is 2.24. The fourth-order valence-corrected chi connectivity index (χ4v) is 5.94. The minimum atomic E-state index is -4.33. The van der Waals surface area contributed by atoms with Crippen LogP contribution in [0.2, 0.25) is 0 Å². The van der Waals surface area contributed by atoms with Gasteiger partial charge in [-0.2, -0.15) is 8.42 Å². The summed E-state index contributed by atoms with van der Waals surface area (Å²) in [7, 11) is -4.33. The third kappa shape index (κ3) is 30.3. The van der Waals surface area contributed by atoms with Crippen molar-refractivity contribution in [1.82, 2.24) is 5.32 Å². The highest BCUT2D eigenvalue weighted by Crippen LogP contribution is 2.13. The van der Waals surface area contributed by atoms with E-state index in [0.29, 0.717) is 6.42 Å². The minimum absolute atomic E-state index is 0.285. The van der Waals surface area contributed by atoms with E-state index in [9.17, 15) is 22.9 Å². The summed E-state index contributed by atoms with van der Waals surface area (Å²) in [6, 6.07) is -1.05. The van der Waals surface area contributed by atoms with Crippen molar-refractivity contribution in [3.05, 3.63) is 24.3 Å². The Bertz CT molecular complexity index is 765. The highest BCUT2D eigenvalue weighted by atomic mass is 32.2. The van der Waals surface area contributed by atoms with E-state index in [1.807, 2.05) is 6.08 Å². The number of rotatable bonds is 31. The van der Waals surface area contributed by atoms with Crippen LogP contribution in [0.15, 0.2) is 24.3 Å². The van der Waals surface area contributed by atoms with Crippen LogP contribution in [0.3, 0.4) is 0 Å². The summed E-state index contributed by atoms with van der Waals surface area (Å²) in [6.07, 6.45) is 35.9. The Morgan fingerprint density at radius 2 is 1.00 bits per heavy atom. The van der Waals surface area contributed by atoms with Gasteiger partial charge in [0.25, 0.3) is 10.1 Å².